The van der Waals surface area contributed by atoms with E-state index >= 15 is 0 Å². The van der Waals surface area contributed by atoms with Gasteiger partial charge < -0.3 is 16.0 Å². The van der Waals surface area contributed by atoms with Crippen molar-refractivity contribution in [3.05, 3.63) is 24.3 Å². The zero-order chi connectivity index (χ0) is 15.9. The Balaban J connectivity index is 1.82. The highest BCUT2D eigenvalue weighted by Gasteiger charge is 2.16. The highest BCUT2D eigenvalue weighted by molar-refractivity contribution is 5.55. The molecule has 1 aliphatic rings. The summed E-state index contributed by atoms with van der Waals surface area (Å²) in [5.41, 5.74) is 8.56. The molecular weight excluding hydrogens is 272 g/mol. The first-order valence-electron chi connectivity index (χ1n) is 8.67. The summed E-state index contributed by atoms with van der Waals surface area (Å²) in [7, 11) is 0. The predicted octanol–water partition coefficient (Wildman–Crippen LogP) is 2.61. The topological polar surface area (TPSA) is 44.5 Å². The first kappa shape index (κ1) is 17.1. The van der Waals surface area contributed by atoms with E-state index in [0.29, 0.717) is 5.92 Å². The zero-order valence-corrected chi connectivity index (χ0v) is 14.4. The third-order valence-corrected chi connectivity index (χ3v) is 4.54. The minimum Gasteiger partial charge on any atom is -0.383 e. The lowest BCUT2D eigenvalue weighted by Gasteiger charge is -2.36. The number of piperazine rings is 1. The summed E-state index contributed by atoms with van der Waals surface area (Å²) >= 11 is 0. The number of rotatable bonds is 7. The van der Waals surface area contributed by atoms with Crippen LogP contribution in [0.3, 0.4) is 0 Å². The Bertz CT molecular complexity index is 421. The van der Waals surface area contributed by atoms with Crippen LogP contribution in [0.2, 0.25) is 0 Å². The molecular formula is C18H32N4. The van der Waals surface area contributed by atoms with Gasteiger partial charge in [0.15, 0.2) is 0 Å². The second-order valence-electron chi connectivity index (χ2n) is 6.66. The monoisotopic (exact) mass is 304 g/mol. The largest absolute Gasteiger partial charge is 0.383 e. The highest BCUT2D eigenvalue weighted by Crippen LogP contribution is 2.19. The summed E-state index contributed by atoms with van der Waals surface area (Å²) in [6.45, 7) is 13.2. The Morgan fingerprint density at radius 2 is 1.73 bits per heavy atom. The molecule has 2 rings (SSSR count). The van der Waals surface area contributed by atoms with Crippen LogP contribution in [0.25, 0.3) is 0 Å². The molecule has 0 spiro atoms. The van der Waals surface area contributed by atoms with Crippen LogP contribution in [-0.2, 0) is 0 Å². The van der Waals surface area contributed by atoms with Crippen LogP contribution in [0.15, 0.2) is 24.3 Å². The van der Waals surface area contributed by atoms with Gasteiger partial charge in [0.05, 0.1) is 0 Å². The molecule has 1 heterocycles. The lowest BCUT2D eigenvalue weighted by atomic mass is 10.1. The maximum atomic E-state index is 6.07. The van der Waals surface area contributed by atoms with Crippen LogP contribution >= 0.6 is 0 Å². The van der Waals surface area contributed by atoms with Crippen molar-refractivity contribution in [3.8, 4) is 0 Å². The Morgan fingerprint density at radius 1 is 1.09 bits per heavy atom. The summed E-state index contributed by atoms with van der Waals surface area (Å²) < 4.78 is 0. The molecule has 1 fully saturated rings. The first-order valence-corrected chi connectivity index (χ1v) is 8.67. The van der Waals surface area contributed by atoms with Crippen LogP contribution in [-0.4, -0.2) is 50.2 Å². The molecule has 22 heavy (non-hydrogen) atoms. The molecule has 0 aromatic heterocycles. The Labute approximate surface area is 135 Å². The maximum Gasteiger partial charge on any atom is 0.0368 e. The predicted molar refractivity (Wildman–Crippen MR) is 96.7 cm³/mol. The molecule has 1 saturated heterocycles. The minimum atomic E-state index is 0.200. The van der Waals surface area contributed by atoms with Gasteiger partial charge in [-0.15, -0.1) is 0 Å². The van der Waals surface area contributed by atoms with Crippen LogP contribution in [0.4, 0.5) is 11.4 Å². The van der Waals surface area contributed by atoms with Gasteiger partial charge in [0.25, 0.3) is 0 Å². The van der Waals surface area contributed by atoms with E-state index in [9.17, 15) is 0 Å². The minimum absolute atomic E-state index is 0.200. The summed E-state index contributed by atoms with van der Waals surface area (Å²) in [6, 6.07) is 8.98. The van der Waals surface area contributed by atoms with Gasteiger partial charge in [-0.1, -0.05) is 20.8 Å². The number of nitrogens with zero attached hydrogens (tertiary/aromatic N) is 2. The van der Waals surface area contributed by atoms with Gasteiger partial charge >= 0.3 is 0 Å². The van der Waals surface area contributed by atoms with Crippen molar-refractivity contribution < 1.29 is 0 Å². The van der Waals surface area contributed by atoms with E-state index in [4.69, 9.17) is 5.73 Å². The average molecular weight is 304 g/mol. The molecule has 0 bridgehead atoms. The van der Waals surface area contributed by atoms with E-state index in [-0.39, 0.29) is 6.04 Å². The van der Waals surface area contributed by atoms with E-state index in [1.807, 2.05) is 0 Å². The lowest BCUT2D eigenvalue weighted by Crippen LogP contribution is -2.46. The molecule has 0 radical (unpaired) electrons. The Hall–Kier alpha value is -1.26. The third kappa shape index (κ3) is 4.89. The van der Waals surface area contributed by atoms with Crippen molar-refractivity contribution >= 4 is 11.4 Å². The quantitative estimate of drug-likeness (QED) is 0.813. The van der Waals surface area contributed by atoms with Crippen molar-refractivity contribution in [1.29, 1.82) is 0 Å². The molecule has 1 aromatic carbocycles. The van der Waals surface area contributed by atoms with Gasteiger partial charge in [0, 0.05) is 50.1 Å². The third-order valence-electron chi connectivity index (χ3n) is 4.54. The van der Waals surface area contributed by atoms with E-state index in [2.05, 4.69) is 60.2 Å². The van der Waals surface area contributed by atoms with E-state index in [0.717, 1.165) is 25.3 Å². The van der Waals surface area contributed by atoms with Gasteiger partial charge in [-0.25, -0.2) is 0 Å². The van der Waals surface area contributed by atoms with Gasteiger partial charge in [0.1, 0.15) is 0 Å². The summed E-state index contributed by atoms with van der Waals surface area (Å²) in [5, 5.41) is 3.43. The van der Waals surface area contributed by atoms with Crippen molar-refractivity contribution in [2.75, 3.05) is 49.5 Å². The zero-order valence-electron chi connectivity index (χ0n) is 14.4. The van der Waals surface area contributed by atoms with Gasteiger partial charge in [-0.3, -0.25) is 4.90 Å². The fourth-order valence-corrected chi connectivity index (χ4v) is 2.81. The molecule has 0 saturated carbocycles. The van der Waals surface area contributed by atoms with Crippen LogP contribution in [0, 0.1) is 5.92 Å². The van der Waals surface area contributed by atoms with Crippen LogP contribution in [0.1, 0.15) is 27.2 Å². The molecule has 1 atom stereocenters. The van der Waals surface area contributed by atoms with Crippen LogP contribution < -0.4 is 16.0 Å². The Kier molecular flexibility index (Phi) is 6.52. The van der Waals surface area contributed by atoms with Gasteiger partial charge in [-0.2, -0.15) is 0 Å². The fraction of sp³-hybridized carbons (Fsp3) is 0.667. The van der Waals surface area contributed by atoms with Gasteiger partial charge in [0.2, 0.25) is 0 Å². The molecule has 1 aromatic rings. The highest BCUT2D eigenvalue weighted by atomic mass is 15.3. The molecule has 0 amide bonds. The number of hydrogen-bond donors (Lipinski definition) is 2. The summed E-state index contributed by atoms with van der Waals surface area (Å²) in [6.07, 6.45) is 1.25. The van der Waals surface area contributed by atoms with E-state index in [1.165, 1.54) is 31.7 Å². The van der Waals surface area contributed by atoms with E-state index in [1.54, 1.807) is 0 Å². The van der Waals surface area contributed by atoms with Crippen molar-refractivity contribution in [2.45, 2.75) is 33.2 Å². The van der Waals surface area contributed by atoms with Crippen molar-refractivity contribution in [3.63, 3.8) is 0 Å². The van der Waals surface area contributed by atoms with Crippen molar-refractivity contribution in [1.82, 2.24) is 4.90 Å². The molecule has 1 unspecified atom stereocenters. The van der Waals surface area contributed by atoms with E-state index < -0.39 is 0 Å². The SMILES string of the molecule is CCCN1CCN(c2ccc(NCC(N)C(C)C)cc2)CC1. The molecule has 3 N–H and O–H groups in total. The molecule has 4 heteroatoms. The standard InChI is InChI=1S/C18H32N4/c1-4-9-21-10-12-22(13-11-21)17-7-5-16(6-8-17)20-14-18(19)15(2)3/h5-8,15,18,20H,4,9-14,19H2,1-3H3. The maximum absolute atomic E-state index is 6.07. The normalized spacial score (nSPS) is 17.8. The summed E-state index contributed by atoms with van der Waals surface area (Å²) in [5.74, 6) is 0.506. The number of nitrogens with one attached hydrogen (secondary N) is 1. The van der Waals surface area contributed by atoms with Crippen LogP contribution in [0.5, 0.6) is 0 Å². The fourth-order valence-electron chi connectivity index (χ4n) is 2.81. The molecule has 1 aliphatic heterocycles. The lowest BCUT2D eigenvalue weighted by molar-refractivity contribution is 0.258. The number of anilines is 2. The molecule has 124 valence electrons. The second kappa shape index (κ2) is 8.39. The number of nitrogens with two attached hydrogens (primary N) is 1. The Morgan fingerprint density at radius 3 is 2.27 bits per heavy atom. The smallest absolute Gasteiger partial charge is 0.0368 e. The second-order valence-corrected chi connectivity index (χ2v) is 6.66. The molecule has 4 nitrogen and oxygen atoms in total. The molecule has 0 aliphatic carbocycles. The number of benzene rings is 1. The van der Waals surface area contributed by atoms with Crippen molar-refractivity contribution in [2.24, 2.45) is 11.7 Å². The number of hydrogen-bond acceptors (Lipinski definition) is 4. The average Bonchev–Trinajstić information content (AvgIpc) is 2.54. The summed E-state index contributed by atoms with van der Waals surface area (Å²) in [4.78, 5) is 5.04. The first-order chi connectivity index (χ1) is 10.6. The van der Waals surface area contributed by atoms with Gasteiger partial charge in [-0.05, 0) is 43.1 Å².